The zero-order chi connectivity index (χ0) is 26.6. The van der Waals surface area contributed by atoms with Crippen molar-refractivity contribution < 1.29 is 33.6 Å². The summed E-state index contributed by atoms with van der Waals surface area (Å²) in [5.74, 6) is -0.841. The fourth-order valence-corrected chi connectivity index (χ4v) is 5.52. The van der Waals surface area contributed by atoms with Crippen LogP contribution in [0.25, 0.3) is 0 Å². The minimum absolute atomic E-state index is 0.0131. The van der Waals surface area contributed by atoms with E-state index in [0.717, 1.165) is 38.8 Å². The molecular formula is C25H41N5O7. The Morgan fingerprint density at radius 2 is 1.95 bits per heavy atom. The van der Waals surface area contributed by atoms with Gasteiger partial charge < -0.3 is 44.5 Å². The van der Waals surface area contributed by atoms with Gasteiger partial charge in [0.05, 0.1) is 12.6 Å². The largest absolute Gasteiger partial charge is 0.440 e. The number of carbonyl (C=O) groups excluding carboxylic acids is 2. The van der Waals surface area contributed by atoms with Crippen molar-refractivity contribution in [2.75, 3.05) is 45.9 Å². The molecule has 0 aromatic carbocycles. The minimum Gasteiger partial charge on any atom is -0.440 e. The molecule has 12 heteroatoms. The van der Waals surface area contributed by atoms with Crippen molar-refractivity contribution in [3.8, 4) is 6.07 Å². The monoisotopic (exact) mass is 523 g/mol. The number of nitrogens with zero attached hydrogens (tertiary/aromatic N) is 3. The van der Waals surface area contributed by atoms with Crippen molar-refractivity contribution in [3.05, 3.63) is 0 Å². The van der Waals surface area contributed by atoms with Crippen LogP contribution in [0.3, 0.4) is 0 Å². The Labute approximate surface area is 218 Å². The van der Waals surface area contributed by atoms with E-state index in [1.165, 1.54) is 0 Å². The molecule has 0 aromatic heterocycles. The van der Waals surface area contributed by atoms with E-state index in [0.29, 0.717) is 26.1 Å². The average Bonchev–Trinajstić information content (AvgIpc) is 3.53. The summed E-state index contributed by atoms with van der Waals surface area (Å²) in [7, 11) is 0. The molecule has 37 heavy (non-hydrogen) atoms. The first-order chi connectivity index (χ1) is 17.6. The van der Waals surface area contributed by atoms with Gasteiger partial charge in [-0.3, -0.25) is 4.79 Å². The molecule has 0 aromatic rings. The molecule has 0 spiro atoms. The predicted octanol–water partition coefficient (Wildman–Crippen LogP) is 0.299. The van der Waals surface area contributed by atoms with E-state index in [9.17, 15) is 14.9 Å². The van der Waals surface area contributed by atoms with Gasteiger partial charge in [-0.1, -0.05) is 0 Å². The third kappa shape index (κ3) is 6.90. The molecule has 4 heterocycles. The van der Waals surface area contributed by atoms with Gasteiger partial charge in [-0.25, -0.2) is 4.79 Å². The van der Waals surface area contributed by atoms with Crippen molar-refractivity contribution in [3.63, 3.8) is 0 Å². The van der Waals surface area contributed by atoms with Crippen molar-refractivity contribution >= 4 is 12.0 Å². The minimum atomic E-state index is -0.826. The molecule has 4 fully saturated rings. The third-order valence-corrected chi connectivity index (χ3v) is 7.72. The summed E-state index contributed by atoms with van der Waals surface area (Å²) in [4.78, 5) is 29.0. The van der Waals surface area contributed by atoms with Gasteiger partial charge in [0.15, 0.2) is 24.3 Å². The molecular weight excluding hydrogens is 482 g/mol. The normalized spacial score (nSPS) is 32.6. The smallest absolute Gasteiger partial charge is 0.407 e. The molecule has 4 saturated heterocycles. The second-order valence-electron chi connectivity index (χ2n) is 11.1. The number of aliphatic hydroxyl groups is 1. The Morgan fingerprint density at radius 3 is 2.65 bits per heavy atom. The van der Waals surface area contributed by atoms with E-state index >= 15 is 0 Å². The maximum atomic E-state index is 12.6. The lowest BCUT2D eigenvalue weighted by Crippen LogP contribution is -2.55. The zero-order valence-corrected chi connectivity index (χ0v) is 22.1. The van der Waals surface area contributed by atoms with E-state index in [1.807, 2.05) is 0 Å². The van der Waals surface area contributed by atoms with Crippen LogP contribution in [-0.2, 0) is 23.7 Å². The van der Waals surface area contributed by atoms with Crippen LogP contribution in [0.2, 0.25) is 0 Å². The molecule has 5 atom stereocenters. The van der Waals surface area contributed by atoms with Crippen LogP contribution < -0.4 is 10.6 Å². The van der Waals surface area contributed by atoms with E-state index < -0.39 is 36.5 Å². The second kappa shape index (κ2) is 11.8. The van der Waals surface area contributed by atoms with Crippen molar-refractivity contribution in [1.82, 2.24) is 20.4 Å². The van der Waals surface area contributed by atoms with Gasteiger partial charge >= 0.3 is 6.09 Å². The highest BCUT2D eigenvalue weighted by molar-refractivity contribution is 5.79. The Hall–Kier alpha value is -2.01. The van der Waals surface area contributed by atoms with Gasteiger partial charge in [0.2, 0.25) is 5.91 Å². The van der Waals surface area contributed by atoms with Crippen LogP contribution in [-0.4, -0.2) is 115 Å². The van der Waals surface area contributed by atoms with Crippen molar-refractivity contribution in [2.24, 2.45) is 0 Å². The van der Waals surface area contributed by atoms with Crippen LogP contribution in [0, 0.1) is 11.3 Å². The van der Waals surface area contributed by atoms with Crippen LogP contribution in [0.5, 0.6) is 0 Å². The fraction of sp³-hybridized carbons (Fsp3) is 0.880. The number of fused-ring (bicyclic) bond motifs is 1. The number of nitriles is 1. The second-order valence-corrected chi connectivity index (χ2v) is 11.1. The fourth-order valence-electron chi connectivity index (χ4n) is 5.52. The summed E-state index contributed by atoms with van der Waals surface area (Å²) in [6.07, 6.45) is 1.02. The van der Waals surface area contributed by atoms with Gasteiger partial charge in [0, 0.05) is 31.8 Å². The zero-order valence-electron chi connectivity index (χ0n) is 22.1. The van der Waals surface area contributed by atoms with Crippen LogP contribution in [0.1, 0.15) is 52.9 Å². The first-order valence-electron chi connectivity index (χ1n) is 13.4. The number of carbonyl (C=O) groups is 2. The summed E-state index contributed by atoms with van der Waals surface area (Å²) >= 11 is 0. The molecule has 208 valence electrons. The maximum absolute atomic E-state index is 12.6. The Morgan fingerprint density at radius 1 is 1.19 bits per heavy atom. The number of ether oxygens (including phenoxy) is 4. The van der Waals surface area contributed by atoms with E-state index in [2.05, 4.69) is 28.5 Å². The number of nitrogens with one attached hydrogen (secondary N) is 2. The topological polar surface area (TPSA) is 146 Å². The number of piperidine rings is 1. The Kier molecular flexibility index (Phi) is 8.93. The molecule has 4 aliphatic rings. The molecule has 2 amide bonds. The first-order valence-corrected chi connectivity index (χ1v) is 13.4. The van der Waals surface area contributed by atoms with Gasteiger partial charge in [-0.2, -0.15) is 5.26 Å². The summed E-state index contributed by atoms with van der Waals surface area (Å²) in [6.45, 7) is 9.06. The lowest BCUT2D eigenvalue weighted by molar-refractivity contribution is -0.216. The molecule has 0 unspecified atom stereocenters. The SMILES string of the molecule is CC1(NCC(=O)N2CCC[C@H]2C#N)CCN(C[C@H]2O[C@@H]3OC(C)(C)O[C@@H]3[C@H]2OC(=O)NCCCO)CC1. The molecule has 4 aliphatic heterocycles. The number of hydrogen-bond acceptors (Lipinski definition) is 10. The summed E-state index contributed by atoms with van der Waals surface area (Å²) < 4.78 is 23.7. The Balaban J connectivity index is 1.27. The number of rotatable bonds is 9. The summed E-state index contributed by atoms with van der Waals surface area (Å²) in [5, 5.41) is 24.3. The van der Waals surface area contributed by atoms with Gasteiger partial charge in [0.25, 0.3) is 0 Å². The number of aliphatic hydroxyl groups excluding tert-OH is 1. The predicted molar refractivity (Wildman–Crippen MR) is 131 cm³/mol. The number of hydrogen-bond donors (Lipinski definition) is 3. The first kappa shape index (κ1) is 28.0. The van der Waals surface area contributed by atoms with Crippen LogP contribution in [0.15, 0.2) is 0 Å². The van der Waals surface area contributed by atoms with Gasteiger partial charge in [-0.15, -0.1) is 0 Å². The quantitative estimate of drug-likeness (QED) is 0.361. The van der Waals surface area contributed by atoms with Gasteiger partial charge in [-0.05, 0) is 66.0 Å². The molecule has 0 saturated carbocycles. The molecule has 0 radical (unpaired) electrons. The molecule has 4 rings (SSSR count). The Bertz CT molecular complexity index is 857. The highest BCUT2D eigenvalue weighted by Gasteiger charge is 2.57. The van der Waals surface area contributed by atoms with E-state index in [-0.39, 0.29) is 30.6 Å². The summed E-state index contributed by atoms with van der Waals surface area (Å²) in [5.41, 5.74) is -0.181. The number of alkyl carbamates (subject to hydrolysis) is 1. The average molecular weight is 524 g/mol. The van der Waals surface area contributed by atoms with Crippen molar-refractivity contribution in [2.45, 2.75) is 94.8 Å². The summed E-state index contributed by atoms with van der Waals surface area (Å²) in [6, 6.07) is 1.92. The standard InChI is InChI=1S/C25H41N5O7/c1-24(2)36-21-20(35-23(33)27-9-5-13-31)18(34-22(21)37-24)16-29-11-7-25(3,8-12-29)28-15-19(32)30-10-4-6-17(30)14-26/h17-18,20-22,28,31H,4-13,15-16H2,1-3H3,(H,27,33)/t17-,18+,20-,21+,22+/m0/s1. The van der Waals surface area contributed by atoms with E-state index in [4.69, 9.17) is 24.1 Å². The van der Waals surface area contributed by atoms with Crippen molar-refractivity contribution in [1.29, 1.82) is 5.26 Å². The molecule has 3 N–H and O–H groups in total. The number of likely N-dealkylation sites (tertiary alicyclic amines) is 2. The highest BCUT2D eigenvalue weighted by Crippen LogP contribution is 2.39. The third-order valence-electron chi connectivity index (χ3n) is 7.72. The molecule has 0 bridgehead atoms. The van der Waals surface area contributed by atoms with E-state index in [1.54, 1.807) is 18.7 Å². The maximum Gasteiger partial charge on any atom is 0.407 e. The lowest BCUT2D eigenvalue weighted by atomic mass is 9.89. The molecule has 0 aliphatic carbocycles. The lowest BCUT2D eigenvalue weighted by Gasteiger charge is -2.41. The van der Waals surface area contributed by atoms with Crippen LogP contribution >= 0.6 is 0 Å². The molecule has 12 nitrogen and oxygen atoms in total. The van der Waals surface area contributed by atoms with Crippen LogP contribution in [0.4, 0.5) is 4.79 Å². The number of amides is 2. The highest BCUT2D eigenvalue weighted by atomic mass is 16.8. The van der Waals surface area contributed by atoms with Gasteiger partial charge in [0.1, 0.15) is 12.1 Å².